The van der Waals surface area contributed by atoms with Crippen molar-refractivity contribution in [2.75, 3.05) is 6.61 Å². The Morgan fingerprint density at radius 3 is 2.64 bits per heavy atom. The average Bonchev–Trinajstić information content (AvgIpc) is 2.53. The molecule has 4 heteroatoms. The SMILES string of the molecule is CCOc1cccc(/C=C(/C#N)C(=O)c2ccc(F)cc2)c1. The monoisotopic (exact) mass is 295 g/mol. The molecule has 0 unspecified atom stereocenters. The first-order valence-electron chi connectivity index (χ1n) is 6.79. The van der Waals surface area contributed by atoms with Crippen LogP contribution in [0.25, 0.3) is 6.08 Å². The summed E-state index contributed by atoms with van der Waals surface area (Å²) in [5.74, 6) is -0.199. The highest BCUT2D eigenvalue weighted by Crippen LogP contribution is 2.18. The third kappa shape index (κ3) is 3.80. The van der Waals surface area contributed by atoms with Crippen LogP contribution in [0, 0.1) is 17.1 Å². The molecule has 22 heavy (non-hydrogen) atoms. The van der Waals surface area contributed by atoms with Crippen LogP contribution in [0.5, 0.6) is 5.75 Å². The van der Waals surface area contributed by atoms with Crippen LogP contribution in [0.15, 0.2) is 54.1 Å². The smallest absolute Gasteiger partial charge is 0.203 e. The van der Waals surface area contributed by atoms with E-state index < -0.39 is 11.6 Å². The molecule has 0 saturated heterocycles. The summed E-state index contributed by atoms with van der Waals surface area (Å²) in [6.07, 6.45) is 1.49. The van der Waals surface area contributed by atoms with Gasteiger partial charge >= 0.3 is 0 Å². The number of carbonyl (C=O) groups excluding carboxylic acids is 1. The van der Waals surface area contributed by atoms with Crippen molar-refractivity contribution in [3.05, 3.63) is 71.0 Å². The highest BCUT2D eigenvalue weighted by Gasteiger charge is 2.12. The highest BCUT2D eigenvalue weighted by molar-refractivity contribution is 6.14. The van der Waals surface area contributed by atoms with E-state index in [2.05, 4.69) is 0 Å². The maximum absolute atomic E-state index is 12.9. The fraction of sp³-hybridized carbons (Fsp3) is 0.111. The van der Waals surface area contributed by atoms with Crippen LogP contribution >= 0.6 is 0 Å². The summed E-state index contributed by atoms with van der Waals surface area (Å²) in [5.41, 5.74) is 0.952. The molecule has 0 aliphatic heterocycles. The number of benzene rings is 2. The fourth-order valence-corrected chi connectivity index (χ4v) is 1.93. The molecule has 0 atom stereocenters. The molecular formula is C18H14FNO2. The van der Waals surface area contributed by atoms with E-state index in [0.717, 1.165) is 0 Å². The lowest BCUT2D eigenvalue weighted by molar-refractivity contribution is 0.104. The number of Topliss-reactive ketones (excluding diaryl/α,β-unsaturated/α-hetero) is 1. The molecule has 110 valence electrons. The number of carbonyl (C=O) groups is 1. The first kappa shape index (κ1) is 15.5. The Kier molecular flexibility index (Phi) is 5.05. The minimum absolute atomic E-state index is 0.0137. The maximum atomic E-state index is 12.9. The molecule has 0 aliphatic carbocycles. The van der Waals surface area contributed by atoms with Crippen LogP contribution in [-0.2, 0) is 0 Å². The first-order chi connectivity index (χ1) is 10.6. The molecule has 0 spiro atoms. The van der Waals surface area contributed by atoms with Gasteiger partial charge in [-0.25, -0.2) is 4.39 Å². The summed E-state index contributed by atoms with van der Waals surface area (Å²) in [5, 5.41) is 9.20. The zero-order valence-electron chi connectivity index (χ0n) is 12.0. The molecule has 0 aliphatic rings. The molecule has 0 N–H and O–H groups in total. The second-order valence-corrected chi connectivity index (χ2v) is 4.51. The van der Waals surface area contributed by atoms with Crippen molar-refractivity contribution in [1.29, 1.82) is 5.26 Å². The summed E-state index contributed by atoms with van der Waals surface area (Å²) in [4.78, 5) is 12.3. The Morgan fingerprint density at radius 2 is 2.00 bits per heavy atom. The number of rotatable bonds is 5. The van der Waals surface area contributed by atoms with E-state index in [-0.39, 0.29) is 11.1 Å². The van der Waals surface area contributed by atoms with Crippen molar-refractivity contribution in [2.45, 2.75) is 6.92 Å². The summed E-state index contributed by atoms with van der Waals surface area (Å²) in [7, 11) is 0. The molecule has 2 aromatic rings. The number of hydrogen-bond donors (Lipinski definition) is 0. The summed E-state index contributed by atoms with van der Waals surface area (Å²) < 4.78 is 18.3. The molecule has 0 saturated carbocycles. The van der Waals surface area contributed by atoms with E-state index in [1.54, 1.807) is 24.3 Å². The van der Waals surface area contributed by atoms with Crippen molar-refractivity contribution < 1.29 is 13.9 Å². The summed E-state index contributed by atoms with van der Waals surface area (Å²) >= 11 is 0. The minimum atomic E-state index is -0.440. The molecule has 0 bridgehead atoms. The molecule has 0 heterocycles. The molecule has 0 fully saturated rings. The van der Waals surface area contributed by atoms with Crippen LogP contribution in [0.4, 0.5) is 4.39 Å². The number of hydrogen-bond acceptors (Lipinski definition) is 3. The van der Waals surface area contributed by atoms with E-state index in [1.165, 1.54) is 30.3 Å². The van der Waals surface area contributed by atoms with Crippen molar-refractivity contribution in [1.82, 2.24) is 0 Å². The van der Waals surface area contributed by atoms with Gasteiger partial charge in [-0.05, 0) is 55.0 Å². The first-order valence-corrected chi connectivity index (χ1v) is 6.79. The van der Waals surface area contributed by atoms with E-state index >= 15 is 0 Å². The summed E-state index contributed by atoms with van der Waals surface area (Å²) in [6, 6.07) is 14.1. The molecule has 0 radical (unpaired) electrons. The van der Waals surface area contributed by atoms with Crippen LogP contribution < -0.4 is 4.74 Å². The van der Waals surface area contributed by atoms with Crippen molar-refractivity contribution in [2.24, 2.45) is 0 Å². The molecule has 3 nitrogen and oxygen atoms in total. The van der Waals surface area contributed by atoms with E-state index in [4.69, 9.17) is 4.74 Å². The van der Waals surface area contributed by atoms with Gasteiger partial charge in [0.25, 0.3) is 0 Å². The second-order valence-electron chi connectivity index (χ2n) is 4.51. The molecule has 2 aromatic carbocycles. The van der Waals surface area contributed by atoms with Gasteiger partial charge in [0.2, 0.25) is 5.78 Å². The van der Waals surface area contributed by atoms with Gasteiger partial charge in [-0.15, -0.1) is 0 Å². The topological polar surface area (TPSA) is 50.1 Å². The van der Waals surface area contributed by atoms with Crippen LogP contribution in [-0.4, -0.2) is 12.4 Å². The fourth-order valence-electron chi connectivity index (χ4n) is 1.93. The van der Waals surface area contributed by atoms with Gasteiger partial charge in [-0.1, -0.05) is 12.1 Å². The lowest BCUT2D eigenvalue weighted by Crippen LogP contribution is -2.02. The lowest BCUT2D eigenvalue weighted by atomic mass is 10.0. The number of ether oxygens (including phenoxy) is 1. The normalized spacial score (nSPS) is 10.9. The minimum Gasteiger partial charge on any atom is -0.494 e. The Morgan fingerprint density at radius 1 is 1.27 bits per heavy atom. The van der Waals surface area contributed by atoms with Gasteiger partial charge in [-0.3, -0.25) is 4.79 Å². The predicted molar refractivity (Wildman–Crippen MR) is 81.9 cm³/mol. The number of ketones is 1. The summed E-state index contributed by atoms with van der Waals surface area (Å²) in [6.45, 7) is 2.41. The van der Waals surface area contributed by atoms with Crippen molar-refractivity contribution >= 4 is 11.9 Å². The van der Waals surface area contributed by atoms with Gasteiger partial charge in [-0.2, -0.15) is 5.26 Å². The van der Waals surface area contributed by atoms with E-state index in [1.807, 2.05) is 13.0 Å². The maximum Gasteiger partial charge on any atom is 0.203 e. The molecule has 2 rings (SSSR count). The Labute approximate surface area is 128 Å². The molecule has 0 amide bonds. The molecular weight excluding hydrogens is 281 g/mol. The number of nitriles is 1. The van der Waals surface area contributed by atoms with Gasteiger partial charge in [0, 0.05) is 5.56 Å². The quantitative estimate of drug-likeness (QED) is 0.475. The van der Waals surface area contributed by atoms with E-state index in [0.29, 0.717) is 17.9 Å². The van der Waals surface area contributed by atoms with Crippen molar-refractivity contribution in [3.8, 4) is 11.8 Å². The second kappa shape index (κ2) is 7.19. The van der Waals surface area contributed by atoms with Gasteiger partial charge in [0.15, 0.2) is 0 Å². The highest BCUT2D eigenvalue weighted by atomic mass is 19.1. The Hall–Kier alpha value is -2.93. The number of allylic oxidation sites excluding steroid dienone is 1. The zero-order valence-corrected chi connectivity index (χ0v) is 12.0. The number of halogens is 1. The lowest BCUT2D eigenvalue weighted by Gasteiger charge is -2.04. The van der Waals surface area contributed by atoms with Crippen LogP contribution in [0.1, 0.15) is 22.8 Å². The standard InChI is InChI=1S/C18H14FNO2/c1-2-22-17-5-3-4-13(11-17)10-15(12-20)18(21)14-6-8-16(19)9-7-14/h3-11H,2H2,1H3/b15-10-. The third-order valence-corrected chi connectivity index (χ3v) is 2.95. The predicted octanol–water partition coefficient (Wildman–Crippen LogP) is 4.01. The third-order valence-electron chi connectivity index (χ3n) is 2.95. The largest absolute Gasteiger partial charge is 0.494 e. The zero-order chi connectivity index (χ0) is 15.9. The van der Waals surface area contributed by atoms with Crippen LogP contribution in [0.2, 0.25) is 0 Å². The average molecular weight is 295 g/mol. The van der Waals surface area contributed by atoms with E-state index in [9.17, 15) is 14.4 Å². The Balaban J connectivity index is 2.31. The Bertz CT molecular complexity index is 742. The number of nitrogens with zero attached hydrogens (tertiary/aromatic N) is 1. The van der Waals surface area contributed by atoms with Crippen molar-refractivity contribution in [3.63, 3.8) is 0 Å². The van der Waals surface area contributed by atoms with Gasteiger partial charge in [0.05, 0.1) is 6.61 Å². The van der Waals surface area contributed by atoms with Gasteiger partial charge in [0.1, 0.15) is 23.2 Å². The van der Waals surface area contributed by atoms with Gasteiger partial charge < -0.3 is 4.74 Å². The molecule has 0 aromatic heterocycles. The van der Waals surface area contributed by atoms with Crippen LogP contribution in [0.3, 0.4) is 0 Å².